The van der Waals surface area contributed by atoms with Crippen LogP contribution in [0.1, 0.15) is 18.5 Å². The van der Waals surface area contributed by atoms with Gasteiger partial charge in [0.25, 0.3) is 0 Å². The average Bonchev–Trinajstić information content (AvgIpc) is 2.51. The van der Waals surface area contributed by atoms with Gasteiger partial charge in [-0.3, -0.25) is 0 Å². The van der Waals surface area contributed by atoms with E-state index < -0.39 is 11.6 Å². The molecule has 22 heavy (non-hydrogen) atoms. The molecule has 2 rings (SSSR count). The molecule has 0 amide bonds. The highest BCUT2D eigenvalue weighted by Crippen LogP contribution is 2.18. The number of hydrogen-bond donors (Lipinski definition) is 2. The van der Waals surface area contributed by atoms with Crippen LogP contribution in [0.15, 0.2) is 42.5 Å². The van der Waals surface area contributed by atoms with Crippen molar-refractivity contribution < 1.29 is 13.5 Å². The van der Waals surface area contributed by atoms with E-state index in [2.05, 4.69) is 10.6 Å². The molecule has 1 unspecified atom stereocenters. The van der Waals surface area contributed by atoms with Crippen LogP contribution in [-0.4, -0.2) is 12.2 Å². The molecule has 0 bridgehead atoms. The second-order valence-corrected chi connectivity index (χ2v) is 5.13. The van der Waals surface area contributed by atoms with Crippen molar-refractivity contribution in [1.29, 1.82) is 0 Å². The number of hydrogen-bond acceptors (Lipinski definition) is 2. The summed E-state index contributed by atoms with van der Waals surface area (Å²) in [5, 5.41) is 6.23. The normalized spacial score (nSPS) is 11.6. The van der Waals surface area contributed by atoms with Gasteiger partial charge in [0.1, 0.15) is 5.75 Å². The van der Waals surface area contributed by atoms with Crippen molar-refractivity contribution in [1.82, 2.24) is 5.32 Å². The lowest BCUT2D eigenvalue weighted by molar-refractivity contribution is 0.414. The van der Waals surface area contributed by atoms with E-state index in [4.69, 9.17) is 17.0 Å². The monoisotopic (exact) mass is 322 g/mol. The summed E-state index contributed by atoms with van der Waals surface area (Å²) < 4.78 is 31.1. The molecule has 0 aliphatic rings. The van der Waals surface area contributed by atoms with Crippen molar-refractivity contribution in [2.75, 3.05) is 12.4 Å². The Hall–Kier alpha value is -2.21. The molecule has 1 atom stereocenters. The van der Waals surface area contributed by atoms with Crippen LogP contribution in [0.4, 0.5) is 14.5 Å². The molecule has 0 aromatic heterocycles. The Balaban J connectivity index is 1.96. The molecule has 0 heterocycles. The van der Waals surface area contributed by atoms with Gasteiger partial charge in [-0.15, -0.1) is 0 Å². The van der Waals surface area contributed by atoms with Crippen molar-refractivity contribution in [3.63, 3.8) is 0 Å². The summed E-state index contributed by atoms with van der Waals surface area (Å²) in [6.45, 7) is 1.95. The molecule has 0 saturated carbocycles. The van der Waals surface area contributed by atoms with Crippen LogP contribution >= 0.6 is 12.2 Å². The first-order valence-corrected chi connectivity index (χ1v) is 7.07. The zero-order chi connectivity index (χ0) is 16.1. The maximum Gasteiger partial charge on any atom is 0.171 e. The van der Waals surface area contributed by atoms with E-state index in [0.717, 1.165) is 23.4 Å². The number of halogens is 2. The number of rotatable bonds is 4. The first kappa shape index (κ1) is 16.2. The number of ether oxygens (including phenoxy) is 1. The number of nitrogens with one attached hydrogen (secondary N) is 2. The van der Waals surface area contributed by atoms with Crippen LogP contribution in [0, 0.1) is 11.6 Å². The Morgan fingerprint density at radius 1 is 1.09 bits per heavy atom. The summed E-state index contributed by atoms with van der Waals surface area (Å²) in [5.41, 5.74) is 1.41. The maximum absolute atomic E-state index is 13.1. The fraction of sp³-hybridized carbons (Fsp3) is 0.188. The lowest BCUT2D eigenvalue weighted by Crippen LogP contribution is -2.30. The summed E-state index contributed by atoms with van der Waals surface area (Å²) in [7, 11) is 1.61. The van der Waals surface area contributed by atoms with Crippen LogP contribution in [0.3, 0.4) is 0 Å². The van der Waals surface area contributed by atoms with Crippen LogP contribution in [0.25, 0.3) is 0 Å². The third-order valence-electron chi connectivity index (χ3n) is 3.14. The van der Waals surface area contributed by atoms with Crippen molar-refractivity contribution >= 4 is 23.0 Å². The van der Waals surface area contributed by atoms with Gasteiger partial charge in [-0.05, 0) is 49.0 Å². The molecule has 3 nitrogen and oxygen atoms in total. The second kappa shape index (κ2) is 7.17. The van der Waals surface area contributed by atoms with Gasteiger partial charge in [0.15, 0.2) is 16.7 Å². The highest BCUT2D eigenvalue weighted by molar-refractivity contribution is 7.80. The van der Waals surface area contributed by atoms with Gasteiger partial charge in [0, 0.05) is 11.8 Å². The van der Waals surface area contributed by atoms with Gasteiger partial charge in [-0.25, -0.2) is 8.78 Å². The summed E-state index contributed by atoms with van der Waals surface area (Å²) in [5.74, 6) is -1.04. The molecular weight excluding hydrogens is 306 g/mol. The van der Waals surface area contributed by atoms with Gasteiger partial charge in [-0.2, -0.15) is 0 Å². The number of anilines is 1. The van der Waals surface area contributed by atoms with Crippen LogP contribution < -0.4 is 15.4 Å². The number of methoxy groups -OCH3 is 1. The van der Waals surface area contributed by atoms with E-state index in [9.17, 15) is 8.78 Å². The van der Waals surface area contributed by atoms with E-state index in [1.807, 2.05) is 31.2 Å². The zero-order valence-corrected chi connectivity index (χ0v) is 13.0. The van der Waals surface area contributed by atoms with Gasteiger partial charge >= 0.3 is 0 Å². The van der Waals surface area contributed by atoms with Gasteiger partial charge in [-0.1, -0.05) is 12.1 Å². The van der Waals surface area contributed by atoms with E-state index in [1.54, 1.807) is 7.11 Å². The molecule has 0 aliphatic heterocycles. The highest BCUT2D eigenvalue weighted by atomic mass is 32.1. The topological polar surface area (TPSA) is 33.3 Å². The van der Waals surface area contributed by atoms with Crippen molar-refractivity contribution in [3.05, 3.63) is 59.7 Å². The predicted molar refractivity (Wildman–Crippen MR) is 87.1 cm³/mol. The molecule has 6 heteroatoms. The van der Waals surface area contributed by atoms with Crippen LogP contribution in [0.5, 0.6) is 5.75 Å². The fourth-order valence-electron chi connectivity index (χ4n) is 1.91. The van der Waals surface area contributed by atoms with Crippen LogP contribution in [0.2, 0.25) is 0 Å². The second-order valence-electron chi connectivity index (χ2n) is 4.72. The fourth-order valence-corrected chi connectivity index (χ4v) is 2.21. The van der Waals surface area contributed by atoms with Crippen LogP contribution in [-0.2, 0) is 0 Å². The van der Waals surface area contributed by atoms with E-state index in [-0.39, 0.29) is 6.04 Å². The quantitative estimate of drug-likeness (QED) is 0.833. The predicted octanol–water partition coefficient (Wildman–Crippen LogP) is 4.02. The summed E-state index contributed by atoms with van der Waals surface area (Å²) >= 11 is 5.17. The van der Waals surface area contributed by atoms with E-state index in [1.165, 1.54) is 6.07 Å². The highest BCUT2D eigenvalue weighted by Gasteiger charge is 2.08. The minimum absolute atomic E-state index is 0.0452. The lowest BCUT2D eigenvalue weighted by atomic mass is 10.1. The largest absolute Gasteiger partial charge is 0.497 e. The molecule has 2 N–H and O–H groups in total. The zero-order valence-electron chi connectivity index (χ0n) is 12.2. The smallest absolute Gasteiger partial charge is 0.171 e. The minimum Gasteiger partial charge on any atom is -0.497 e. The Bertz CT molecular complexity index is 662. The SMILES string of the molecule is COc1ccc(C(C)NC(=S)Nc2ccc(F)c(F)c2)cc1. The minimum atomic E-state index is -0.920. The lowest BCUT2D eigenvalue weighted by Gasteiger charge is -2.17. The Morgan fingerprint density at radius 2 is 1.77 bits per heavy atom. The molecule has 0 fully saturated rings. The standard InChI is InChI=1S/C16H16F2N2OS/c1-10(11-3-6-13(21-2)7-4-11)19-16(22)20-12-5-8-14(17)15(18)9-12/h3-10H,1-2H3,(H2,19,20,22). The molecule has 2 aromatic carbocycles. The summed E-state index contributed by atoms with van der Waals surface area (Å²) in [4.78, 5) is 0. The molecule has 0 spiro atoms. The first-order chi connectivity index (χ1) is 10.5. The Morgan fingerprint density at radius 3 is 2.36 bits per heavy atom. The summed E-state index contributed by atoms with van der Waals surface area (Å²) in [6, 6.07) is 11.1. The van der Waals surface area contributed by atoms with Crippen molar-refractivity contribution in [2.24, 2.45) is 0 Å². The molecule has 2 aromatic rings. The molecule has 0 saturated heterocycles. The number of benzene rings is 2. The van der Waals surface area contributed by atoms with Crippen molar-refractivity contribution in [3.8, 4) is 5.75 Å². The third kappa shape index (κ3) is 4.14. The van der Waals surface area contributed by atoms with E-state index >= 15 is 0 Å². The number of thiocarbonyl (C=S) groups is 1. The third-order valence-corrected chi connectivity index (χ3v) is 3.36. The molecule has 116 valence electrons. The van der Waals surface area contributed by atoms with Gasteiger partial charge < -0.3 is 15.4 Å². The van der Waals surface area contributed by atoms with E-state index in [0.29, 0.717) is 10.8 Å². The van der Waals surface area contributed by atoms with Crippen molar-refractivity contribution in [2.45, 2.75) is 13.0 Å². The first-order valence-electron chi connectivity index (χ1n) is 6.66. The van der Waals surface area contributed by atoms with Gasteiger partial charge in [0.2, 0.25) is 0 Å². The molecular formula is C16H16F2N2OS. The summed E-state index contributed by atoms with van der Waals surface area (Å²) in [6.07, 6.45) is 0. The molecule has 0 aliphatic carbocycles. The van der Waals surface area contributed by atoms with Gasteiger partial charge in [0.05, 0.1) is 13.2 Å². The average molecular weight is 322 g/mol. The molecule has 0 radical (unpaired) electrons. The maximum atomic E-state index is 13.1. The Kier molecular flexibility index (Phi) is 5.27. The Labute approximate surface area is 133 Å².